The molecule has 1 heterocycles. The number of hydrogen-bond acceptors (Lipinski definition) is 5. The van der Waals surface area contributed by atoms with E-state index in [0.29, 0.717) is 5.70 Å². The standard InChI is InChI=1S/C13H12BrNO2S2/c1-3-18-13-15-10(12(16)19-13)7-8-6-9(14)4-5-11(8)17-2/h4-7H,3H2,1-2H3/b10-7-. The third-order valence-electron chi connectivity index (χ3n) is 2.35. The third-order valence-corrected chi connectivity index (χ3v) is 4.74. The molecule has 0 saturated heterocycles. The zero-order valence-electron chi connectivity index (χ0n) is 10.5. The van der Waals surface area contributed by atoms with Gasteiger partial charge in [0.05, 0.1) is 7.11 Å². The number of hydrogen-bond donors (Lipinski definition) is 0. The van der Waals surface area contributed by atoms with Crippen molar-refractivity contribution in [3.63, 3.8) is 0 Å². The number of thioether (sulfide) groups is 2. The maximum atomic E-state index is 11.9. The number of carbonyl (C=O) groups excluding carboxylic acids is 1. The van der Waals surface area contributed by atoms with E-state index in [4.69, 9.17) is 4.74 Å². The van der Waals surface area contributed by atoms with Crippen LogP contribution in [0.15, 0.2) is 33.4 Å². The minimum atomic E-state index is -0.0158. The van der Waals surface area contributed by atoms with Crippen LogP contribution in [0.2, 0.25) is 0 Å². The van der Waals surface area contributed by atoms with Crippen molar-refractivity contribution >= 4 is 55.0 Å². The Morgan fingerprint density at radius 3 is 3.00 bits per heavy atom. The Hall–Kier alpha value is -0.720. The molecule has 0 bridgehead atoms. The van der Waals surface area contributed by atoms with Gasteiger partial charge in [0.1, 0.15) is 15.8 Å². The first-order valence-corrected chi connectivity index (χ1v) is 8.22. The van der Waals surface area contributed by atoms with E-state index in [1.807, 2.05) is 25.1 Å². The second-order valence-electron chi connectivity index (χ2n) is 3.62. The molecule has 0 aromatic heterocycles. The number of benzene rings is 1. The van der Waals surface area contributed by atoms with Gasteiger partial charge in [0.25, 0.3) is 0 Å². The van der Waals surface area contributed by atoms with E-state index < -0.39 is 0 Å². The molecule has 3 nitrogen and oxygen atoms in total. The van der Waals surface area contributed by atoms with Crippen molar-refractivity contribution < 1.29 is 9.53 Å². The Morgan fingerprint density at radius 1 is 1.53 bits per heavy atom. The maximum absolute atomic E-state index is 11.9. The normalized spacial score (nSPS) is 16.9. The Kier molecular flexibility index (Phi) is 5.13. The van der Waals surface area contributed by atoms with Gasteiger partial charge in [-0.2, -0.15) is 0 Å². The first-order chi connectivity index (χ1) is 9.13. The molecule has 1 aliphatic rings. The number of rotatable bonds is 3. The highest BCUT2D eigenvalue weighted by atomic mass is 79.9. The molecule has 19 heavy (non-hydrogen) atoms. The smallest absolute Gasteiger partial charge is 0.244 e. The minimum Gasteiger partial charge on any atom is -0.496 e. The quantitative estimate of drug-likeness (QED) is 0.760. The molecule has 0 unspecified atom stereocenters. The number of halogens is 1. The lowest BCUT2D eigenvalue weighted by molar-refractivity contribution is -0.107. The van der Waals surface area contributed by atoms with Crippen LogP contribution in [-0.4, -0.2) is 22.4 Å². The van der Waals surface area contributed by atoms with Crippen LogP contribution in [-0.2, 0) is 4.79 Å². The fourth-order valence-corrected chi connectivity index (χ4v) is 3.66. The molecule has 1 aromatic carbocycles. The summed E-state index contributed by atoms with van der Waals surface area (Å²) in [6.45, 7) is 2.04. The summed E-state index contributed by atoms with van der Waals surface area (Å²) in [6, 6.07) is 5.66. The number of methoxy groups -OCH3 is 1. The lowest BCUT2D eigenvalue weighted by atomic mass is 10.1. The SMILES string of the molecule is CCSC1=N/C(=C\c2cc(Br)ccc2OC)C(=O)S1. The Labute approximate surface area is 129 Å². The predicted molar refractivity (Wildman–Crippen MR) is 86.8 cm³/mol. The molecule has 100 valence electrons. The molecule has 0 N–H and O–H groups in total. The highest BCUT2D eigenvalue weighted by Gasteiger charge is 2.22. The maximum Gasteiger partial charge on any atom is 0.244 e. The highest BCUT2D eigenvalue weighted by molar-refractivity contribution is 9.10. The van der Waals surface area contributed by atoms with Gasteiger partial charge < -0.3 is 4.74 Å². The van der Waals surface area contributed by atoms with Crippen molar-refractivity contribution in [2.75, 3.05) is 12.9 Å². The lowest BCUT2D eigenvalue weighted by Gasteiger charge is -2.05. The van der Waals surface area contributed by atoms with Gasteiger partial charge in [0.2, 0.25) is 5.12 Å². The average molecular weight is 358 g/mol. The van der Waals surface area contributed by atoms with Gasteiger partial charge in [-0.1, -0.05) is 34.6 Å². The van der Waals surface area contributed by atoms with Crippen LogP contribution < -0.4 is 4.74 Å². The van der Waals surface area contributed by atoms with Crippen LogP contribution in [0.3, 0.4) is 0 Å². The highest BCUT2D eigenvalue weighted by Crippen LogP contribution is 2.33. The fourth-order valence-electron chi connectivity index (χ4n) is 1.54. The number of ether oxygens (including phenoxy) is 1. The molecule has 0 saturated carbocycles. The van der Waals surface area contributed by atoms with Crippen LogP contribution in [0.25, 0.3) is 6.08 Å². The molecule has 0 amide bonds. The molecule has 0 spiro atoms. The van der Waals surface area contributed by atoms with Crippen molar-refractivity contribution in [3.05, 3.63) is 33.9 Å². The third kappa shape index (κ3) is 3.64. The number of carbonyl (C=O) groups is 1. The van der Waals surface area contributed by atoms with Gasteiger partial charge in [0.15, 0.2) is 0 Å². The van der Waals surface area contributed by atoms with E-state index in [2.05, 4.69) is 20.9 Å². The van der Waals surface area contributed by atoms with E-state index in [1.54, 1.807) is 24.9 Å². The van der Waals surface area contributed by atoms with E-state index >= 15 is 0 Å². The average Bonchev–Trinajstić information content (AvgIpc) is 2.71. The van der Waals surface area contributed by atoms with Crippen LogP contribution >= 0.6 is 39.5 Å². The van der Waals surface area contributed by atoms with Gasteiger partial charge in [-0.15, -0.1) is 0 Å². The molecule has 1 aromatic rings. The number of nitrogens with zero attached hydrogens (tertiary/aromatic N) is 1. The molecule has 0 aliphatic carbocycles. The van der Waals surface area contributed by atoms with Crippen molar-refractivity contribution in [1.82, 2.24) is 0 Å². The van der Waals surface area contributed by atoms with Crippen molar-refractivity contribution in [2.24, 2.45) is 4.99 Å². The Balaban J connectivity index is 2.35. The monoisotopic (exact) mass is 357 g/mol. The zero-order chi connectivity index (χ0) is 13.8. The summed E-state index contributed by atoms with van der Waals surface area (Å²) < 4.78 is 7.03. The van der Waals surface area contributed by atoms with Crippen LogP contribution in [0.4, 0.5) is 0 Å². The van der Waals surface area contributed by atoms with Gasteiger partial charge in [-0.25, -0.2) is 4.99 Å². The van der Waals surface area contributed by atoms with Crippen LogP contribution in [0.5, 0.6) is 5.75 Å². The summed E-state index contributed by atoms with van der Waals surface area (Å²) in [7, 11) is 1.61. The van der Waals surface area contributed by atoms with Gasteiger partial charge >= 0.3 is 0 Å². The first-order valence-electron chi connectivity index (χ1n) is 5.63. The van der Waals surface area contributed by atoms with Crippen LogP contribution in [0.1, 0.15) is 12.5 Å². The predicted octanol–water partition coefficient (Wildman–Crippen LogP) is 4.18. The zero-order valence-corrected chi connectivity index (χ0v) is 13.7. The van der Waals surface area contributed by atoms with E-state index in [-0.39, 0.29) is 5.12 Å². The van der Waals surface area contributed by atoms with E-state index in [0.717, 1.165) is 25.9 Å². The van der Waals surface area contributed by atoms with E-state index in [1.165, 1.54) is 11.8 Å². The topological polar surface area (TPSA) is 38.7 Å². The molecule has 0 fully saturated rings. The molecular weight excluding hydrogens is 346 g/mol. The summed E-state index contributed by atoms with van der Waals surface area (Å²) in [6.07, 6.45) is 1.77. The first kappa shape index (κ1) is 14.7. The van der Waals surface area contributed by atoms with E-state index in [9.17, 15) is 4.79 Å². The molecule has 2 rings (SSSR count). The minimum absolute atomic E-state index is 0.0158. The Bertz CT molecular complexity index is 570. The summed E-state index contributed by atoms with van der Waals surface area (Å²) in [5, 5.41) is -0.0158. The van der Waals surface area contributed by atoms with Gasteiger partial charge in [-0.05, 0) is 41.8 Å². The van der Waals surface area contributed by atoms with Crippen LogP contribution in [0, 0.1) is 0 Å². The summed E-state index contributed by atoms with van der Waals surface area (Å²) in [4.78, 5) is 16.2. The largest absolute Gasteiger partial charge is 0.496 e. The molecule has 6 heteroatoms. The second kappa shape index (κ2) is 6.63. The summed E-state index contributed by atoms with van der Waals surface area (Å²) in [5.74, 6) is 1.63. The lowest BCUT2D eigenvalue weighted by Crippen LogP contribution is -1.91. The van der Waals surface area contributed by atoms with Crippen molar-refractivity contribution in [2.45, 2.75) is 6.92 Å². The van der Waals surface area contributed by atoms with Gasteiger partial charge in [-0.3, -0.25) is 4.79 Å². The second-order valence-corrected chi connectivity index (χ2v) is 7.00. The summed E-state index contributed by atoms with van der Waals surface area (Å²) >= 11 is 6.18. The molecule has 0 atom stereocenters. The van der Waals surface area contributed by atoms with Crippen molar-refractivity contribution in [1.29, 1.82) is 0 Å². The Morgan fingerprint density at radius 2 is 2.32 bits per heavy atom. The molecule has 1 aliphatic heterocycles. The molecular formula is C13H12BrNO2S2. The van der Waals surface area contributed by atoms with Gasteiger partial charge in [0, 0.05) is 10.0 Å². The van der Waals surface area contributed by atoms with Crippen molar-refractivity contribution in [3.8, 4) is 5.75 Å². The number of aliphatic imine (C=N–C) groups is 1. The fraction of sp³-hybridized carbons (Fsp3) is 0.231. The summed E-state index contributed by atoms with van der Waals surface area (Å²) in [5.41, 5.74) is 1.31. The molecule has 0 radical (unpaired) electrons.